The minimum Gasteiger partial charge on any atom is -0.465 e. The fraction of sp³-hybridized carbons (Fsp3) is 0.429. The van der Waals surface area contributed by atoms with Gasteiger partial charge in [-0.1, -0.05) is 0 Å². The lowest BCUT2D eigenvalue weighted by Crippen LogP contribution is -2.31. The predicted molar refractivity (Wildman–Crippen MR) is 75.0 cm³/mol. The van der Waals surface area contributed by atoms with E-state index in [9.17, 15) is 4.79 Å². The first kappa shape index (κ1) is 13.4. The number of fused-ring (bicyclic) bond motifs is 1. The molecule has 0 amide bonds. The standard InChI is InChI=1S/C14H15ClN2O3/c1-19-14(18)9-2-3-11-12(6-9)17(13(7-15)16-11)8-10-4-5-20-10/h2-3,6,10H,4-5,7-8H2,1H3/t10-/m1/s1. The fourth-order valence-corrected chi connectivity index (χ4v) is 2.56. The van der Waals surface area contributed by atoms with Crippen LogP contribution in [0.2, 0.25) is 0 Å². The molecule has 2 heterocycles. The number of imidazole rings is 1. The van der Waals surface area contributed by atoms with E-state index in [1.165, 1.54) is 7.11 Å². The molecule has 0 N–H and O–H groups in total. The quantitative estimate of drug-likeness (QED) is 0.641. The average Bonchev–Trinajstić information content (AvgIpc) is 2.78. The lowest BCUT2D eigenvalue weighted by atomic mass is 10.1. The average molecular weight is 295 g/mol. The van der Waals surface area contributed by atoms with Crippen LogP contribution in [0.25, 0.3) is 11.0 Å². The second-order valence-electron chi connectivity index (χ2n) is 4.75. The molecule has 0 aliphatic carbocycles. The van der Waals surface area contributed by atoms with Crippen molar-refractivity contribution in [3.05, 3.63) is 29.6 Å². The molecule has 0 unspecified atom stereocenters. The SMILES string of the molecule is COC(=O)c1ccc2nc(CCl)n(C[C@H]3CCO3)c2c1. The molecule has 0 bridgehead atoms. The van der Waals surface area contributed by atoms with Crippen LogP contribution in [-0.2, 0) is 21.9 Å². The summed E-state index contributed by atoms with van der Waals surface area (Å²) in [5.41, 5.74) is 2.23. The van der Waals surface area contributed by atoms with Crippen LogP contribution in [0, 0.1) is 0 Å². The second-order valence-corrected chi connectivity index (χ2v) is 5.02. The van der Waals surface area contributed by atoms with Crippen LogP contribution in [0.4, 0.5) is 0 Å². The first-order valence-electron chi connectivity index (χ1n) is 6.48. The Hall–Kier alpha value is -1.59. The van der Waals surface area contributed by atoms with Crippen molar-refractivity contribution in [3.63, 3.8) is 0 Å². The summed E-state index contributed by atoms with van der Waals surface area (Å²) in [6.07, 6.45) is 1.24. The van der Waals surface area contributed by atoms with E-state index in [1.54, 1.807) is 12.1 Å². The lowest BCUT2D eigenvalue weighted by Gasteiger charge is -2.27. The van der Waals surface area contributed by atoms with E-state index in [2.05, 4.69) is 4.98 Å². The molecule has 1 fully saturated rings. The molecule has 3 rings (SSSR count). The van der Waals surface area contributed by atoms with Crippen molar-refractivity contribution in [1.29, 1.82) is 0 Å². The maximum absolute atomic E-state index is 11.6. The Kier molecular flexibility index (Phi) is 3.63. The number of halogens is 1. The van der Waals surface area contributed by atoms with Gasteiger partial charge in [-0.05, 0) is 24.6 Å². The highest BCUT2D eigenvalue weighted by atomic mass is 35.5. The Morgan fingerprint density at radius 1 is 1.60 bits per heavy atom. The molecular formula is C14H15ClN2O3. The van der Waals surface area contributed by atoms with Crippen LogP contribution in [0.5, 0.6) is 0 Å². The van der Waals surface area contributed by atoms with Crippen LogP contribution in [0.3, 0.4) is 0 Å². The maximum atomic E-state index is 11.6. The molecule has 0 spiro atoms. The number of alkyl halides is 1. The monoisotopic (exact) mass is 294 g/mol. The molecule has 0 saturated carbocycles. The number of ether oxygens (including phenoxy) is 2. The van der Waals surface area contributed by atoms with Crippen molar-refractivity contribution < 1.29 is 14.3 Å². The van der Waals surface area contributed by atoms with Crippen LogP contribution >= 0.6 is 11.6 Å². The molecule has 1 aromatic heterocycles. The molecule has 20 heavy (non-hydrogen) atoms. The fourth-order valence-electron chi connectivity index (χ4n) is 2.36. The highest BCUT2D eigenvalue weighted by Crippen LogP contribution is 2.23. The second kappa shape index (κ2) is 5.42. The zero-order valence-electron chi connectivity index (χ0n) is 11.1. The number of hydrogen-bond donors (Lipinski definition) is 0. The molecule has 0 radical (unpaired) electrons. The van der Waals surface area contributed by atoms with E-state index in [0.717, 1.165) is 29.9 Å². The smallest absolute Gasteiger partial charge is 0.337 e. The Morgan fingerprint density at radius 2 is 2.40 bits per heavy atom. The zero-order valence-corrected chi connectivity index (χ0v) is 11.9. The minimum absolute atomic E-state index is 0.205. The van der Waals surface area contributed by atoms with Crippen molar-refractivity contribution in [1.82, 2.24) is 9.55 Å². The minimum atomic E-state index is -0.355. The first-order chi connectivity index (χ1) is 9.72. The van der Waals surface area contributed by atoms with Gasteiger partial charge in [0.1, 0.15) is 5.82 Å². The van der Waals surface area contributed by atoms with Gasteiger partial charge in [0.15, 0.2) is 0 Å². The van der Waals surface area contributed by atoms with Gasteiger partial charge < -0.3 is 14.0 Å². The summed E-state index contributed by atoms with van der Waals surface area (Å²) in [4.78, 5) is 16.1. The molecule has 2 aromatic rings. The molecule has 1 aliphatic rings. The summed E-state index contributed by atoms with van der Waals surface area (Å²) in [5.74, 6) is 0.765. The van der Waals surface area contributed by atoms with Crippen LogP contribution in [0.15, 0.2) is 18.2 Å². The van der Waals surface area contributed by atoms with Gasteiger partial charge in [-0.25, -0.2) is 9.78 Å². The van der Waals surface area contributed by atoms with Gasteiger partial charge >= 0.3 is 5.97 Å². The molecule has 1 saturated heterocycles. The van der Waals surface area contributed by atoms with Crippen LogP contribution in [-0.4, -0.2) is 35.3 Å². The van der Waals surface area contributed by atoms with Gasteiger partial charge in [-0.3, -0.25) is 0 Å². The van der Waals surface area contributed by atoms with Crippen molar-refractivity contribution in [3.8, 4) is 0 Å². The van der Waals surface area contributed by atoms with Crippen molar-refractivity contribution in [2.24, 2.45) is 0 Å². The van der Waals surface area contributed by atoms with E-state index in [-0.39, 0.29) is 12.1 Å². The van der Waals surface area contributed by atoms with E-state index >= 15 is 0 Å². The third-order valence-electron chi connectivity index (χ3n) is 3.55. The molecule has 1 aromatic carbocycles. The molecule has 5 nitrogen and oxygen atoms in total. The van der Waals surface area contributed by atoms with Gasteiger partial charge in [0, 0.05) is 6.61 Å². The number of methoxy groups -OCH3 is 1. The van der Waals surface area contributed by atoms with Gasteiger partial charge in [0.2, 0.25) is 0 Å². The number of benzene rings is 1. The molecular weight excluding hydrogens is 280 g/mol. The summed E-state index contributed by atoms with van der Waals surface area (Å²) >= 11 is 5.96. The van der Waals surface area contributed by atoms with E-state index in [0.29, 0.717) is 18.0 Å². The Labute approximate surface area is 121 Å². The molecule has 6 heteroatoms. The van der Waals surface area contributed by atoms with Crippen molar-refractivity contribution >= 4 is 28.6 Å². The van der Waals surface area contributed by atoms with Crippen LogP contribution in [0.1, 0.15) is 22.6 Å². The Bertz CT molecular complexity index is 649. The number of esters is 1. The normalized spacial score (nSPS) is 18.0. The number of hydrogen-bond acceptors (Lipinski definition) is 4. The van der Waals surface area contributed by atoms with E-state index in [1.807, 2.05) is 10.6 Å². The highest BCUT2D eigenvalue weighted by molar-refractivity contribution is 6.16. The topological polar surface area (TPSA) is 53.3 Å². The largest absolute Gasteiger partial charge is 0.465 e. The van der Waals surface area contributed by atoms with E-state index in [4.69, 9.17) is 21.1 Å². The highest BCUT2D eigenvalue weighted by Gasteiger charge is 2.22. The summed E-state index contributed by atoms with van der Waals surface area (Å²) in [6, 6.07) is 5.32. The number of carbonyl (C=O) groups is 1. The van der Waals surface area contributed by atoms with Gasteiger partial charge in [-0.15, -0.1) is 11.6 Å². The van der Waals surface area contributed by atoms with E-state index < -0.39 is 0 Å². The first-order valence-corrected chi connectivity index (χ1v) is 7.01. The maximum Gasteiger partial charge on any atom is 0.337 e. The summed E-state index contributed by atoms with van der Waals surface area (Å²) < 4.78 is 12.2. The summed E-state index contributed by atoms with van der Waals surface area (Å²) in [5, 5.41) is 0. The predicted octanol–water partition coefficient (Wildman–Crippen LogP) is 2.35. The number of rotatable bonds is 4. The summed E-state index contributed by atoms with van der Waals surface area (Å²) in [6.45, 7) is 1.52. The van der Waals surface area contributed by atoms with Gasteiger partial charge in [-0.2, -0.15) is 0 Å². The van der Waals surface area contributed by atoms with Crippen molar-refractivity contribution in [2.45, 2.75) is 24.9 Å². The Balaban J connectivity index is 2.05. The zero-order chi connectivity index (χ0) is 14.1. The third kappa shape index (κ3) is 2.27. The number of nitrogens with zero attached hydrogens (tertiary/aromatic N) is 2. The number of carbonyl (C=O) groups excluding carboxylic acids is 1. The number of aromatic nitrogens is 2. The third-order valence-corrected chi connectivity index (χ3v) is 3.79. The summed E-state index contributed by atoms with van der Waals surface area (Å²) in [7, 11) is 1.37. The van der Waals surface area contributed by atoms with Gasteiger partial charge in [0.25, 0.3) is 0 Å². The van der Waals surface area contributed by atoms with Crippen molar-refractivity contribution in [2.75, 3.05) is 13.7 Å². The molecule has 1 aliphatic heterocycles. The van der Waals surface area contributed by atoms with Crippen LogP contribution < -0.4 is 0 Å². The molecule has 1 atom stereocenters. The Morgan fingerprint density at radius 3 is 3.00 bits per heavy atom. The van der Waals surface area contributed by atoms with Gasteiger partial charge in [0.05, 0.1) is 42.2 Å². The molecule has 106 valence electrons. The lowest BCUT2D eigenvalue weighted by molar-refractivity contribution is -0.0589.